The second kappa shape index (κ2) is 5.49. The summed E-state index contributed by atoms with van der Waals surface area (Å²) in [5.74, 6) is 0. The molecule has 3 heteroatoms. The molecule has 1 aromatic heterocycles. The van der Waals surface area contributed by atoms with Crippen LogP contribution in [0.25, 0.3) is 0 Å². The quantitative estimate of drug-likeness (QED) is 0.870. The summed E-state index contributed by atoms with van der Waals surface area (Å²) in [6.07, 6.45) is 8.36. The summed E-state index contributed by atoms with van der Waals surface area (Å²) < 4.78 is 0. The molecule has 1 aliphatic rings. The number of nitrogens with one attached hydrogen (secondary N) is 1. The summed E-state index contributed by atoms with van der Waals surface area (Å²) in [6.45, 7) is 7.02. The van der Waals surface area contributed by atoms with Gasteiger partial charge in [0.15, 0.2) is 0 Å². The number of aromatic nitrogens is 1. The van der Waals surface area contributed by atoms with Crippen LogP contribution in [0.4, 0.5) is 0 Å². The zero-order chi connectivity index (χ0) is 12.3. The van der Waals surface area contributed by atoms with Gasteiger partial charge in [0.2, 0.25) is 0 Å². The minimum atomic E-state index is 0.459. The summed E-state index contributed by atoms with van der Waals surface area (Å²) in [7, 11) is 0. The molecule has 96 valence electrons. The van der Waals surface area contributed by atoms with Gasteiger partial charge in [-0.2, -0.15) is 0 Å². The van der Waals surface area contributed by atoms with Crippen molar-refractivity contribution in [3.8, 4) is 0 Å². The van der Waals surface area contributed by atoms with Crippen LogP contribution in [0.1, 0.15) is 63.9 Å². The van der Waals surface area contributed by atoms with Crippen LogP contribution in [0, 0.1) is 5.41 Å². The normalized spacial score (nSPS) is 22.5. The monoisotopic (exact) mass is 252 g/mol. The highest BCUT2D eigenvalue weighted by molar-refractivity contribution is 7.09. The third-order valence-electron chi connectivity index (χ3n) is 3.93. The van der Waals surface area contributed by atoms with Crippen LogP contribution in [0.15, 0.2) is 11.6 Å². The zero-order valence-corrected chi connectivity index (χ0v) is 12.0. The molecule has 17 heavy (non-hydrogen) atoms. The van der Waals surface area contributed by atoms with Gasteiger partial charge in [0.05, 0.1) is 6.04 Å². The molecule has 2 rings (SSSR count). The summed E-state index contributed by atoms with van der Waals surface area (Å²) in [6, 6.07) is 1.15. The van der Waals surface area contributed by atoms with Crippen molar-refractivity contribution in [1.29, 1.82) is 0 Å². The molecule has 1 heterocycles. The van der Waals surface area contributed by atoms with Gasteiger partial charge >= 0.3 is 0 Å². The lowest BCUT2D eigenvalue weighted by Crippen LogP contribution is -2.37. The highest BCUT2D eigenvalue weighted by Crippen LogP contribution is 2.36. The van der Waals surface area contributed by atoms with Gasteiger partial charge in [0.1, 0.15) is 5.01 Å². The van der Waals surface area contributed by atoms with Crippen molar-refractivity contribution in [2.24, 2.45) is 5.41 Å². The summed E-state index contributed by atoms with van der Waals surface area (Å²) >= 11 is 1.77. The second-order valence-electron chi connectivity index (χ2n) is 5.94. The molecule has 0 bridgehead atoms. The number of nitrogens with zero attached hydrogens (tertiary/aromatic N) is 1. The molecule has 1 aromatic rings. The van der Waals surface area contributed by atoms with Crippen LogP contribution in [0.5, 0.6) is 0 Å². The first kappa shape index (κ1) is 13.0. The van der Waals surface area contributed by atoms with Gasteiger partial charge in [-0.15, -0.1) is 11.3 Å². The predicted molar refractivity (Wildman–Crippen MR) is 74.3 cm³/mol. The van der Waals surface area contributed by atoms with E-state index in [1.165, 1.54) is 30.7 Å². The van der Waals surface area contributed by atoms with Gasteiger partial charge in [0, 0.05) is 17.6 Å². The SMILES string of the molecule is CCC(NC1CCC(C)(C)CC1)c1nccs1. The lowest BCUT2D eigenvalue weighted by Gasteiger charge is -2.36. The standard InChI is InChI=1S/C14H24N2S/c1-4-12(13-15-9-10-17-13)16-11-5-7-14(2,3)8-6-11/h9-12,16H,4-8H2,1-3H3. The molecule has 0 amide bonds. The third-order valence-corrected chi connectivity index (χ3v) is 4.82. The van der Waals surface area contributed by atoms with Gasteiger partial charge in [-0.05, 0) is 37.5 Å². The Morgan fingerprint density at radius 2 is 2.18 bits per heavy atom. The molecular formula is C14H24N2S. The van der Waals surface area contributed by atoms with Crippen molar-refractivity contribution >= 4 is 11.3 Å². The first-order valence-electron chi connectivity index (χ1n) is 6.76. The fraction of sp³-hybridized carbons (Fsp3) is 0.786. The van der Waals surface area contributed by atoms with E-state index in [2.05, 4.69) is 36.5 Å². The van der Waals surface area contributed by atoms with E-state index in [1.54, 1.807) is 11.3 Å². The molecule has 1 unspecified atom stereocenters. The van der Waals surface area contributed by atoms with E-state index in [9.17, 15) is 0 Å². The highest BCUT2D eigenvalue weighted by Gasteiger charge is 2.28. The van der Waals surface area contributed by atoms with E-state index >= 15 is 0 Å². The zero-order valence-electron chi connectivity index (χ0n) is 11.2. The Labute approximate surface area is 109 Å². The van der Waals surface area contributed by atoms with Gasteiger partial charge in [-0.3, -0.25) is 0 Å². The van der Waals surface area contributed by atoms with Gasteiger partial charge in [-0.1, -0.05) is 20.8 Å². The predicted octanol–water partition coefficient (Wildman–Crippen LogP) is 4.15. The lowest BCUT2D eigenvalue weighted by molar-refractivity contribution is 0.197. The Balaban J connectivity index is 1.88. The Hall–Kier alpha value is -0.410. The molecule has 0 aromatic carbocycles. The van der Waals surface area contributed by atoms with Crippen LogP contribution in [-0.4, -0.2) is 11.0 Å². The van der Waals surface area contributed by atoms with E-state index in [0.29, 0.717) is 17.5 Å². The topological polar surface area (TPSA) is 24.9 Å². The molecule has 0 spiro atoms. The summed E-state index contributed by atoms with van der Waals surface area (Å²) in [5, 5.41) is 7.11. The maximum Gasteiger partial charge on any atom is 0.109 e. The van der Waals surface area contributed by atoms with E-state index in [-0.39, 0.29) is 0 Å². The molecule has 1 saturated carbocycles. The number of hydrogen-bond acceptors (Lipinski definition) is 3. The van der Waals surface area contributed by atoms with Crippen LogP contribution >= 0.6 is 11.3 Å². The second-order valence-corrected chi connectivity index (χ2v) is 6.86. The molecular weight excluding hydrogens is 228 g/mol. The average molecular weight is 252 g/mol. The lowest BCUT2D eigenvalue weighted by atomic mass is 9.75. The highest BCUT2D eigenvalue weighted by atomic mass is 32.1. The van der Waals surface area contributed by atoms with Crippen LogP contribution in [0.2, 0.25) is 0 Å². The molecule has 1 fully saturated rings. The fourth-order valence-corrected chi connectivity index (χ4v) is 3.40. The van der Waals surface area contributed by atoms with E-state index in [4.69, 9.17) is 0 Å². The van der Waals surface area contributed by atoms with E-state index < -0.39 is 0 Å². The minimum absolute atomic E-state index is 0.459. The number of thiazole rings is 1. The molecule has 0 radical (unpaired) electrons. The summed E-state index contributed by atoms with van der Waals surface area (Å²) in [4.78, 5) is 4.44. The first-order chi connectivity index (χ1) is 8.11. The molecule has 1 aliphatic carbocycles. The molecule has 0 aliphatic heterocycles. The summed E-state index contributed by atoms with van der Waals surface area (Å²) in [5.41, 5.74) is 0.557. The van der Waals surface area contributed by atoms with Crippen molar-refractivity contribution in [3.05, 3.63) is 16.6 Å². The van der Waals surface area contributed by atoms with Crippen molar-refractivity contribution < 1.29 is 0 Å². The number of hydrogen-bond donors (Lipinski definition) is 1. The van der Waals surface area contributed by atoms with E-state index in [1.807, 2.05) is 6.20 Å². The van der Waals surface area contributed by atoms with Gasteiger partial charge < -0.3 is 5.32 Å². The van der Waals surface area contributed by atoms with E-state index in [0.717, 1.165) is 6.42 Å². The maximum absolute atomic E-state index is 4.44. The van der Waals surface area contributed by atoms with Gasteiger partial charge in [-0.25, -0.2) is 4.98 Å². The molecule has 0 saturated heterocycles. The average Bonchev–Trinajstić information content (AvgIpc) is 2.81. The Bertz CT molecular complexity index is 322. The number of rotatable bonds is 4. The Kier molecular flexibility index (Phi) is 4.21. The molecule has 2 nitrogen and oxygen atoms in total. The molecule has 1 atom stereocenters. The van der Waals surface area contributed by atoms with Crippen molar-refractivity contribution in [2.75, 3.05) is 0 Å². The largest absolute Gasteiger partial charge is 0.305 e. The van der Waals surface area contributed by atoms with Crippen molar-refractivity contribution in [3.63, 3.8) is 0 Å². The smallest absolute Gasteiger partial charge is 0.109 e. The van der Waals surface area contributed by atoms with Gasteiger partial charge in [0.25, 0.3) is 0 Å². The third kappa shape index (κ3) is 3.52. The van der Waals surface area contributed by atoms with Crippen molar-refractivity contribution in [2.45, 2.75) is 65.0 Å². The molecule has 1 N–H and O–H groups in total. The van der Waals surface area contributed by atoms with Crippen LogP contribution < -0.4 is 5.32 Å². The van der Waals surface area contributed by atoms with Crippen LogP contribution in [0.3, 0.4) is 0 Å². The Morgan fingerprint density at radius 1 is 1.47 bits per heavy atom. The van der Waals surface area contributed by atoms with Crippen molar-refractivity contribution in [1.82, 2.24) is 10.3 Å². The van der Waals surface area contributed by atoms with Crippen LogP contribution in [-0.2, 0) is 0 Å². The fourth-order valence-electron chi connectivity index (χ4n) is 2.62. The minimum Gasteiger partial charge on any atom is -0.305 e. The first-order valence-corrected chi connectivity index (χ1v) is 7.64. The Morgan fingerprint density at radius 3 is 2.71 bits per heavy atom. The maximum atomic E-state index is 4.44.